The van der Waals surface area contributed by atoms with Gasteiger partial charge in [-0.25, -0.2) is 0 Å². The van der Waals surface area contributed by atoms with Crippen LogP contribution in [0.3, 0.4) is 0 Å². The van der Waals surface area contributed by atoms with Crippen LogP contribution in [0.5, 0.6) is 0 Å². The topological polar surface area (TPSA) is 38.0 Å². The van der Waals surface area contributed by atoms with E-state index in [1.54, 1.807) is 0 Å². The van der Waals surface area contributed by atoms with Gasteiger partial charge in [0.15, 0.2) is 0 Å². The Balaban J connectivity index is 2.99. The smallest absolute Gasteiger partial charge is 0.0502 e. The van der Waals surface area contributed by atoms with Gasteiger partial charge in [0, 0.05) is 0 Å². The summed E-state index contributed by atoms with van der Waals surface area (Å²) < 4.78 is 0. The molecular formula is C14H22N2. The van der Waals surface area contributed by atoms with E-state index in [9.17, 15) is 0 Å². The Hall–Kier alpha value is -1.12. The number of hydrogen-bond donors (Lipinski definition) is 2. The van der Waals surface area contributed by atoms with Crippen molar-refractivity contribution in [2.75, 3.05) is 0 Å². The average molecular weight is 218 g/mol. The number of nitrogens with two attached hydrogens (primary N) is 1. The van der Waals surface area contributed by atoms with Crippen LogP contribution < -0.4 is 11.3 Å². The van der Waals surface area contributed by atoms with Crippen molar-refractivity contribution in [3.63, 3.8) is 0 Å². The first kappa shape index (κ1) is 12.9. The van der Waals surface area contributed by atoms with E-state index in [0.717, 1.165) is 12.8 Å². The molecule has 1 aromatic carbocycles. The first-order valence-corrected chi connectivity index (χ1v) is 5.79. The molecule has 0 aromatic heterocycles. The second kappa shape index (κ2) is 5.83. The minimum atomic E-state index is 0.175. The van der Waals surface area contributed by atoms with Crippen molar-refractivity contribution in [3.8, 4) is 0 Å². The van der Waals surface area contributed by atoms with Gasteiger partial charge < -0.3 is 0 Å². The van der Waals surface area contributed by atoms with Crippen LogP contribution in [0.1, 0.15) is 42.5 Å². The summed E-state index contributed by atoms with van der Waals surface area (Å²) in [5.41, 5.74) is 8.01. The van der Waals surface area contributed by atoms with Crippen LogP contribution in [-0.2, 0) is 0 Å². The lowest BCUT2D eigenvalue weighted by atomic mass is 9.92. The lowest BCUT2D eigenvalue weighted by Crippen LogP contribution is -2.29. The summed E-state index contributed by atoms with van der Waals surface area (Å²) >= 11 is 0. The highest BCUT2D eigenvalue weighted by atomic mass is 15.2. The molecule has 16 heavy (non-hydrogen) atoms. The summed E-state index contributed by atoms with van der Waals surface area (Å²) in [5, 5.41) is 0. The highest BCUT2D eigenvalue weighted by molar-refractivity contribution is 5.36. The van der Waals surface area contributed by atoms with Gasteiger partial charge in [-0.05, 0) is 43.4 Å². The molecule has 0 bridgehead atoms. The van der Waals surface area contributed by atoms with E-state index < -0.39 is 0 Å². The predicted molar refractivity (Wildman–Crippen MR) is 70.0 cm³/mol. The van der Waals surface area contributed by atoms with E-state index >= 15 is 0 Å². The molecule has 0 aliphatic carbocycles. The van der Waals surface area contributed by atoms with Crippen molar-refractivity contribution < 1.29 is 0 Å². The summed E-state index contributed by atoms with van der Waals surface area (Å²) in [4.78, 5) is 0. The van der Waals surface area contributed by atoms with E-state index in [1.807, 2.05) is 0 Å². The predicted octanol–water partition coefficient (Wildman–Crippen LogP) is 3.16. The molecule has 0 saturated carbocycles. The number of benzene rings is 1. The number of hydrazine groups is 1. The largest absolute Gasteiger partial charge is 0.271 e. The molecule has 0 radical (unpaired) electrons. The highest BCUT2D eigenvalue weighted by Crippen LogP contribution is 2.26. The van der Waals surface area contributed by atoms with Gasteiger partial charge in [0.25, 0.3) is 0 Å². The molecular weight excluding hydrogens is 196 g/mol. The molecule has 1 rings (SSSR count). The van der Waals surface area contributed by atoms with E-state index in [4.69, 9.17) is 5.84 Å². The minimum Gasteiger partial charge on any atom is -0.271 e. The van der Waals surface area contributed by atoms with Crippen molar-refractivity contribution in [1.29, 1.82) is 0 Å². The zero-order valence-corrected chi connectivity index (χ0v) is 10.5. The fourth-order valence-electron chi connectivity index (χ4n) is 2.05. The molecule has 1 unspecified atom stereocenters. The maximum atomic E-state index is 5.65. The number of nitrogens with one attached hydrogen (secondary N) is 1. The maximum absolute atomic E-state index is 5.65. The van der Waals surface area contributed by atoms with Gasteiger partial charge in [0.2, 0.25) is 0 Å². The molecule has 0 saturated heterocycles. The monoisotopic (exact) mass is 218 g/mol. The van der Waals surface area contributed by atoms with E-state index in [0.29, 0.717) is 0 Å². The van der Waals surface area contributed by atoms with E-state index in [1.165, 1.54) is 22.3 Å². The van der Waals surface area contributed by atoms with Crippen LogP contribution in [0.2, 0.25) is 0 Å². The van der Waals surface area contributed by atoms with Crippen LogP contribution in [0, 0.1) is 13.8 Å². The second-order valence-corrected chi connectivity index (χ2v) is 4.33. The van der Waals surface area contributed by atoms with Crippen molar-refractivity contribution >= 4 is 0 Å². The molecule has 0 spiro atoms. The molecule has 1 aromatic rings. The molecule has 1 atom stereocenters. The summed E-state index contributed by atoms with van der Waals surface area (Å²) in [6, 6.07) is 6.51. The van der Waals surface area contributed by atoms with Gasteiger partial charge in [-0.2, -0.15) is 0 Å². The van der Waals surface area contributed by atoms with Gasteiger partial charge in [0.1, 0.15) is 0 Å². The lowest BCUT2D eigenvalue weighted by Gasteiger charge is -2.21. The first-order valence-electron chi connectivity index (χ1n) is 5.79. The Morgan fingerprint density at radius 1 is 1.38 bits per heavy atom. The Labute approximate surface area is 98.5 Å². The molecule has 0 aliphatic rings. The normalized spacial score (nSPS) is 12.5. The Morgan fingerprint density at radius 2 is 1.94 bits per heavy atom. The zero-order chi connectivity index (χ0) is 12.1. The Bertz CT molecular complexity index is 349. The number of hydrogen-bond acceptors (Lipinski definition) is 2. The zero-order valence-electron chi connectivity index (χ0n) is 10.5. The molecule has 0 aliphatic heterocycles. The minimum absolute atomic E-state index is 0.175. The van der Waals surface area contributed by atoms with E-state index in [2.05, 4.69) is 51.0 Å². The second-order valence-electron chi connectivity index (χ2n) is 4.33. The van der Waals surface area contributed by atoms with Crippen LogP contribution in [-0.4, -0.2) is 0 Å². The molecule has 0 fully saturated rings. The fourth-order valence-corrected chi connectivity index (χ4v) is 2.05. The van der Waals surface area contributed by atoms with Crippen LogP contribution in [0.25, 0.3) is 0 Å². The van der Waals surface area contributed by atoms with Crippen molar-refractivity contribution in [2.24, 2.45) is 5.84 Å². The Morgan fingerprint density at radius 3 is 2.38 bits per heavy atom. The number of rotatable bonds is 5. The summed E-state index contributed by atoms with van der Waals surface area (Å²) in [7, 11) is 0. The van der Waals surface area contributed by atoms with Crippen LogP contribution >= 0.6 is 0 Å². The third-order valence-corrected chi connectivity index (χ3v) is 3.08. The summed E-state index contributed by atoms with van der Waals surface area (Å²) in [6.45, 7) is 10.4. The van der Waals surface area contributed by atoms with Gasteiger partial charge >= 0.3 is 0 Å². The third-order valence-electron chi connectivity index (χ3n) is 3.08. The van der Waals surface area contributed by atoms with Crippen LogP contribution in [0.4, 0.5) is 0 Å². The third kappa shape index (κ3) is 2.94. The molecule has 88 valence electrons. The van der Waals surface area contributed by atoms with Gasteiger partial charge in [-0.15, -0.1) is 0 Å². The van der Waals surface area contributed by atoms with Crippen molar-refractivity contribution in [3.05, 3.63) is 47.0 Å². The van der Waals surface area contributed by atoms with Crippen LogP contribution in [0.15, 0.2) is 30.4 Å². The van der Waals surface area contributed by atoms with Gasteiger partial charge in [-0.3, -0.25) is 11.3 Å². The molecule has 2 heteroatoms. The van der Waals surface area contributed by atoms with Gasteiger partial charge in [0.05, 0.1) is 6.04 Å². The SMILES string of the molecule is C=C(CC)CC(NN)c1c(C)cccc1C. The average Bonchev–Trinajstić information content (AvgIpc) is 2.27. The molecule has 2 nitrogen and oxygen atoms in total. The van der Waals surface area contributed by atoms with E-state index in [-0.39, 0.29) is 6.04 Å². The molecule has 0 heterocycles. The maximum Gasteiger partial charge on any atom is 0.0502 e. The van der Waals surface area contributed by atoms with Crippen molar-refractivity contribution in [2.45, 2.75) is 39.7 Å². The van der Waals surface area contributed by atoms with Gasteiger partial charge in [-0.1, -0.05) is 37.3 Å². The number of aryl methyl sites for hydroxylation is 2. The molecule has 0 amide bonds. The highest BCUT2D eigenvalue weighted by Gasteiger charge is 2.14. The summed E-state index contributed by atoms with van der Waals surface area (Å²) in [5.74, 6) is 5.65. The summed E-state index contributed by atoms with van der Waals surface area (Å²) in [6.07, 6.45) is 1.90. The molecule has 3 N–H and O–H groups in total. The Kier molecular flexibility index (Phi) is 4.71. The fraction of sp³-hybridized carbons (Fsp3) is 0.429. The standard InChI is InChI=1S/C14H22N2/c1-5-10(2)9-13(16-15)14-11(3)7-6-8-12(14)4/h6-8,13,16H,2,5,9,15H2,1,3-4H3. The lowest BCUT2D eigenvalue weighted by molar-refractivity contribution is 0.540. The quantitative estimate of drug-likeness (QED) is 0.452. The first-order chi connectivity index (χ1) is 7.60. The van der Waals surface area contributed by atoms with Crippen molar-refractivity contribution in [1.82, 2.24) is 5.43 Å².